The molecule has 8 rings (SSSR count). The molecule has 0 saturated carbocycles. The summed E-state index contributed by atoms with van der Waals surface area (Å²) in [6.45, 7) is 5.45. The Balaban J connectivity index is 1.19. The first-order chi connectivity index (χ1) is 62.3. The molecule has 3 aromatic carbocycles. The Bertz CT molecular complexity index is 4930. The number of benzene rings is 3. The van der Waals surface area contributed by atoms with E-state index >= 15 is 33.6 Å². The number of aliphatic hydroxyl groups excluding tert-OH is 2. The number of carboxylic acid groups (broad SMARTS) is 2. The van der Waals surface area contributed by atoms with Gasteiger partial charge < -0.3 is 125 Å². The van der Waals surface area contributed by atoms with Crippen LogP contribution in [0.25, 0.3) is 21.8 Å². The fraction of sp³-hybridized carbons (Fsp3) is 0.545. The summed E-state index contributed by atoms with van der Waals surface area (Å²) in [5.74, 6) is -20.6. The monoisotopic (exact) mass is 1850 g/mol. The van der Waals surface area contributed by atoms with Crippen molar-refractivity contribution in [3.8, 4) is 5.75 Å². The molecule has 5 aromatic rings. The maximum atomic E-state index is 15.8. The number of aromatic nitrogens is 2. The molecular formula is C88H123N19O23S. The minimum atomic E-state index is -1.93. The van der Waals surface area contributed by atoms with Crippen LogP contribution in [0.5, 0.6) is 5.75 Å². The van der Waals surface area contributed by atoms with Gasteiger partial charge in [-0.05, 0) is 105 Å². The lowest BCUT2D eigenvalue weighted by atomic mass is 9.99. The summed E-state index contributed by atoms with van der Waals surface area (Å²) in [5, 5.41) is 79.4. The van der Waals surface area contributed by atoms with Crippen molar-refractivity contribution < 1.29 is 112 Å². The number of aliphatic hydroxyl groups is 2. The van der Waals surface area contributed by atoms with Crippen LogP contribution in [0.15, 0.2) is 85.2 Å². The van der Waals surface area contributed by atoms with Crippen molar-refractivity contribution in [3.05, 3.63) is 102 Å². The van der Waals surface area contributed by atoms with Gasteiger partial charge in [0, 0.05) is 106 Å². The largest absolute Gasteiger partial charge is 0.508 e. The number of carbonyl (C=O) groups excluding carboxylic acids is 16. The second-order valence-electron chi connectivity index (χ2n) is 33.7. The van der Waals surface area contributed by atoms with Gasteiger partial charge in [-0.1, -0.05) is 102 Å². The number of phenols is 1. The molecule has 2 aromatic heterocycles. The van der Waals surface area contributed by atoms with Gasteiger partial charge in [0.25, 0.3) is 0 Å². The number of carboxylic acids is 2. The third kappa shape index (κ3) is 28.9. The minimum absolute atomic E-state index is 0.0267. The summed E-state index contributed by atoms with van der Waals surface area (Å²) in [5.41, 5.74) is 14.3. The SMILES string of the molecule is CCCC[C@H]1C(=O)N(C)[C@@H](CCCC)C(=O)N[C@@H](CCC(=O)O)C(=O)N[C@H](C(=O)NCC(N)=O)CSCC(=O)NC(Cc2ccc(O)cc2)C(=O)N(C)[C@@H](C)C(=O)N[C@@H](CC(=O)O)C(=O)N2CCC[C@H]2C(=O)N[C@@H](CO)C(=O)N[C@@H](CC(C)C)C(=O)N2C[C@H](O)C[C@H]2C(=O)N[C@@H](Cc2c[nH]c3ccccc23)C(=O)N[C@@H](CCN)C(=O)N[C@@H](Cc2c[nH]c3ccccc23)C(=O)N1C. The third-order valence-corrected chi connectivity index (χ3v) is 24.5. The molecule has 0 spiro atoms. The molecule has 3 aliphatic heterocycles. The predicted molar refractivity (Wildman–Crippen MR) is 477 cm³/mol. The number of para-hydroxylation sites is 2. The molecule has 3 fully saturated rings. The van der Waals surface area contributed by atoms with Gasteiger partial charge in [-0.15, -0.1) is 11.8 Å². The van der Waals surface area contributed by atoms with Crippen LogP contribution in [0.2, 0.25) is 0 Å². The first-order valence-electron chi connectivity index (χ1n) is 43.9. The summed E-state index contributed by atoms with van der Waals surface area (Å²) < 4.78 is 0. The number of amides is 16. The Kier molecular flexibility index (Phi) is 39.0. The average Bonchev–Trinajstić information content (AvgIpc) is 1.50. The predicted octanol–water partition coefficient (Wildman–Crippen LogP) is -2.34. The number of aliphatic carboxylic acids is 2. The van der Waals surface area contributed by atoms with E-state index in [2.05, 4.69) is 63.1 Å². The molecule has 15 atom stereocenters. The Morgan fingerprint density at radius 2 is 1.05 bits per heavy atom. The van der Waals surface area contributed by atoms with E-state index < -0.39 is 260 Å². The number of thioether (sulfide) groups is 1. The van der Waals surface area contributed by atoms with Crippen molar-refractivity contribution >= 4 is 140 Å². The van der Waals surface area contributed by atoms with E-state index in [1.54, 1.807) is 81.7 Å². The number of phenolic OH excluding ortho intramolecular Hbond substituents is 1. The summed E-state index contributed by atoms with van der Waals surface area (Å²) in [7, 11) is 3.80. The Labute approximate surface area is 760 Å². The zero-order valence-corrected chi connectivity index (χ0v) is 75.5. The lowest BCUT2D eigenvalue weighted by Gasteiger charge is -2.36. The number of rotatable bonds is 25. The molecule has 1 unspecified atom stereocenters. The maximum Gasteiger partial charge on any atom is 0.305 e. The van der Waals surface area contributed by atoms with Crippen molar-refractivity contribution in [1.29, 1.82) is 0 Å². The number of unbranched alkanes of at least 4 members (excludes halogenated alkanes) is 2. The molecule has 3 saturated heterocycles. The standard InChI is InChI=1S/C88H123N19O23S/c1-9-11-22-67-81(123)96-58(29-30-73(113)114)77(119)102-66(76(118)93-42-71(90)111)45-131-46-72(112)94-62(35-49-25-27-52(109)28-26-49)84(126)103(6)48(5)75(117)98-64(39-74(115)116)86(128)106-33-17-24-68(106)82(124)101-65(44-108)80(122)99-61(34-47(3)4)87(129)107-43-53(110)38-70(107)83(125)97-60(36-50-40-91-56-20-15-13-18-54(50)56)79(121)95-59(31-32-89)78(120)100-63(37-51-41-92-57-21-16-14-19-55(51)57)85(127)105(8)69(23-12-10-2)88(130)104(67)7/h13-16,18-21,25-28,40-41,47-48,53,58-70,91-92,108-110H,9-12,17,22-24,29-39,42-46,89H2,1-8H3,(H2,90,111)(H,93,118)(H,94,112)(H,95,121)(H,96,123)(H,97,125)(H,98,117)(H,99,122)(H,100,120)(H,101,124)(H,102,119)(H,113,114)(H,115,116)/t48-,53+,58-,59-,60-,61-,62?,63-,64-,65-,66-,67-,68-,69-,70-/m0/s1. The number of hydrogen-bond acceptors (Lipinski definition) is 23. The number of nitrogens with zero attached hydrogens (tertiary/aromatic N) is 5. The van der Waals surface area contributed by atoms with Gasteiger partial charge in [-0.2, -0.15) is 0 Å². The fourth-order valence-corrected chi connectivity index (χ4v) is 17.0. The first kappa shape index (κ1) is 104. The van der Waals surface area contributed by atoms with Gasteiger partial charge in [0.1, 0.15) is 90.3 Å². The van der Waals surface area contributed by atoms with Gasteiger partial charge in [0.15, 0.2) is 0 Å². The summed E-state index contributed by atoms with van der Waals surface area (Å²) in [6, 6.07) is -3.07. The van der Waals surface area contributed by atoms with Crippen LogP contribution in [0.3, 0.4) is 0 Å². The number of aromatic hydroxyl groups is 1. The van der Waals surface area contributed by atoms with Crippen molar-refractivity contribution in [3.63, 3.8) is 0 Å². The molecule has 5 heterocycles. The molecule has 714 valence electrons. The molecule has 131 heavy (non-hydrogen) atoms. The van der Waals surface area contributed by atoms with Crippen LogP contribution >= 0.6 is 11.8 Å². The minimum Gasteiger partial charge on any atom is -0.508 e. The second-order valence-corrected chi connectivity index (χ2v) is 34.7. The van der Waals surface area contributed by atoms with Crippen LogP contribution in [-0.2, 0) is 106 Å². The van der Waals surface area contributed by atoms with Crippen molar-refractivity contribution in [1.82, 2.24) is 87.6 Å². The van der Waals surface area contributed by atoms with Crippen molar-refractivity contribution in [2.24, 2.45) is 17.4 Å². The third-order valence-electron chi connectivity index (χ3n) is 23.4. The number of primary amides is 1. The van der Waals surface area contributed by atoms with Gasteiger partial charge in [0.05, 0.1) is 31.4 Å². The quantitative estimate of drug-likeness (QED) is 0.0291. The molecular weight excluding hydrogens is 1720 g/mol. The maximum absolute atomic E-state index is 15.8. The van der Waals surface area contributed by atoms with E-state index in [0.29, 0.717) is 69.5 Å². The highest BCUT2D eigenvalue weighted by atomic mass is 32.2. The molecule has 3 aliphatic rings. The van der Waals surface area contributed by atoms with E-state index in [1.807, 2.05) is 6.92 Å². The van der Waals surface area contributed by atoms with Gasteiger partial charge in [0.2, 0.25) is 94.5 Å². The Hall–Kier alpha value is -12.8. The van der Waals surface area contributed by atoms with Gasteiger partial charge in [-0.3, -0.25) is 86.3 Å². The number of carbonyl (C=O) groups is 18. The summed E-state index contributed by atoms with van der Waals surface area (Å²) >= 11 is 0.696. The van der Waals surface area contributed by atoms with E-state index in [9.17, 15) is 78.3 Å². The number of nitrogens with two attached hydrogens (primary N) is 2. The lowest BCUT2D eigenvalue weighted by Crippen LogP contribution is -2.61. The van der Waals surface area contributed by atoms with Crippen LogP contribution in [0.1, 0.15) is 141 Å². The summed E-state index contributed by atoms with van der Waals surface area (Å²) in [4.78, 5) is 271. The fourth-order valence-electron chi connectivity index (χ4n) is 16.1. The number of fused-ring (bicyclic) bond motifs is 4. The topological polar surface area (TPSA) is 629 Å². The normalized spacial score (nSPS) is 25.2. The van der Waals surface area contributed by atoms with Crippen LogP contribution in [0, 0.1) is 5.92 Å². The zero-order chi connectivity index (χ0) is 96.2. The number of H-pyrrole nitrogens is 2. The Morgan fingerprint density at radius 3 is 1.65 bits per heavy atom. The summed E-state index contributed by atoms with van der Waals surface area (Å²) in [6.07, 6.45) is -0.802. The lowest BCUT2D eigenvalue weighted by molar-refractivity contribution is -0.149. The molecule has 21 N–H and O–H groups in total. The van der Waals surface area contributed by atoms with Gasteiger partial charge in [-0.25, -0.2) is 0 Å². The van der Waals surface area contributed by atoms with E-state index in [4.69, 9.17) is 11.5 Å². The highest BCUT2D eigenvalue weighted by Crippen LogP contribution is 2.28. The number of likely N-dealkylation sites (N-methyl/N-ethyl adjacent to an activating group) is 3. The smallest absolute Gasteiger partial charge is 0.305 e. The van der Waals surface area contributed by atoms with Crippen LogP contribution in [-0.4, -0.2) is 323 Å². The average molecular weight is 1850 g/mol. The van der Waals surface area contributed by atoms with Gasteiger partial charge >= 0.3 is 11.9 Å². The van der Waals surface area contributed by atoms with Crippen molar-refractivity contribution in [2.45, 2.75) is 234 Å². The first-order valence-corrected chi connectivity index (χ1v) is 45.0. The number of aromatic amines is 2. The highest BCUT2D eigenvalue weighted by molar-refractivity contribution is 8.00. The van der Waals surface area contributed by atoms with Crippen LogP contribution < -0.4 is 64.6 Å². The number of nitrogens with one attached hydrogen (secondary N) is 12. The molecule has 0 radical (unpaired) electrons. The molecule has 0 bridgehead atoms. The molecule has 43 heteroatoms. The Morgan fingerprint density at radius 1 is 0.542 bits per heavy atom. The second kappa shape index (κ2) is 49.3. The highest BCUT2D eigenvalue weighted by Gasteiger charge is 2.47. The van der Waals surface area contributed by atoms with E-state index in [-0.39, 0.29) is 83.0 Å². The van der Waals surface area contributed by atoms with E-state index in [1.165, 1.54) is 45.3 Å². The number of hydrogen-bond donors (Lipinski definition) is 19. The van der Waals surface area contributed by atoms with Crippen LogP contribution in [0.4, 0.5) is 0 Å². The zero-order valence-electron chi connectivity index (χ0n) is 74.7. The van der Waals surface area contributed by atoms with Crippen molar-refractivity contribution in [2.75, 3.05) is 65.4 Å². The molecule has 42 nitrogen and oxygen atoms in total. The molecule has 0 aliphatic carbocycles. The van der Waals surface area contributed by atoms with E-state index in [0.717, 1.165) is 31.5 Å². The molecule has 16 amide bonds.